The summed E-state index contributed by atoms with van der Waals surface area (Å²) in [5.74, 6) is -0.270. The third kappa shape index (κ3) is 2.48. The Bertz CT molecular complexity index is 992. The van der Waals surface area contributed by atoms with Crippen LogP contribution in [0.5, 0.6) is 5.75 Å². The fourth-order valence-corrected chi connectivity index (χ4v) is 6.18. The number of hydrogen-bond acceptors (Lipinski definition) is 4. The number of hydrogen-bond donors (Lipinski definition) is 0. The quantitative estimate of drug-likeness (QED) is 0.725. The van der Waals surface area contributed by atoms with Crippen LogP contribution in [0.15, 0.2) is 57.9 Å². The van der Waals surface area contributed by atoms with Crippen molar-refractivity contribution in [3.05, 3.63) is 58.6 Å². The van der Waals surface area contributed by atoms with Gasteiger partial charge in [-0.2, -0.15) is 0 Å². The van der Waals surface area contributed by atoms with Crippen LogP contribution in [0.2, 0.25) is 0 Å². The van der Waals surface area contributed by atoms with Gasteiger partial charge in [0.1, 0.15) is 5.75 Å². The number of nitrogens with zero attached hydrogens (tertiary/aromatic N) is 1. The van der Waals surface area contributed by atoms with Crippen molar-refractivity contribution in [3.63, 3.8) is 0 Å². The van der Waals surface area contributed by atoms with Gasteiger partial charge in [-0.05, 0) is 37.3 Å². The predicted molar refractivity (Wildman–Crippen MR) is 101 cm³/mol. The maximum absolute atomic E-state index is 13.3. The monoisotopic (exact) mass is 435 g/mol. The van der Waals surface area contributed by atoms with Crippen LogP contribution in [0.4, 0.5) is 0 Å². The van der Waals surface area contributed by atoms with Crippen molar-refractivity contribution in [2.24, 2.45) is 0 Å². The molecule has 0 radical (unpaired) electrons. The highest BCUT2D eigenvalue weighted by molar-refractivity contribution is 9.10. The van der Waals surface area contributed by atoms with Gasteiger partial charge in [0.15, 0.2) is 20.8 Å². The summed E-state index contributed by atoms with van der Waals surface area (Å²) < 4.78 is 33.6. The Balaban J connectivity index is 1.92. The Hall–Kier alpha value is -1.86. The summed E-state index contributed by atoms with van der Waals surface area (Å²) in [6.45, 7) is 1.83. The zero-order valence-corrected chi connectivity index (χ0v) is 16.7. The van der Waals surface area contributed by atoms with Crippen LogP contribution in [0.1, 0.15) is 24.8 Å². The zero-order chi connectivity index (χ0) is 18.7. The molecule has 1 fully saturated rings. The fourth-order valence-electron chi connectivity index (χ4n) is 3.88. The minimum Gasteiger partial charge on any atom is -0.468 e. The van der Waals surface area contributed by atoms with Gasteiger partial charge >= 0.3 is 0 Å². The second-order valence-corrected chi connectivity index (χ2v) is 9.93. The highest BCUT2D eigenvalue weighted by Crippen LogP contribution is 2.50. The molecule has 0 aliphatic carbocycles. The average Bonchev–Trinajstić information content (AvgIpc) is 2.61. The van der Waals surface area contributed by atoms with Crippen LogP contribution in [0.25, 0.3) is 0 Å². The molecule has 2 aromatic rings. The largest absolute Gasteiger partial charge is 0.468 e. The first-order valence-electron chi connectivity index (χ1n) is 8.29. The number of amides is 1. The number of halogens is 1. The van der Waals surface area contributed by atoms with E-state index in [2.05, 4.69) is 15.9 Å². The van der Waals surface area contributed by atoms with Crippen LogP contribution >= 0.6 is 15.9 Å². The molecule has 0 unspecified atom stereocenters. The van der Waals surface area contributed by atoms with Gasteiger partial charge in [0.25, 0.3) is 0 Å². The third-order valence-corrected chi connectivity index (χ3v) is 7.98. The van der Waals surface area contributed by atoms with Crippen LogP contribution in [0, 0.1) is 0 Å². The van der Waals surface area contributed by atoms with Crippen LogP contribution in [0.3, 0.4) is 0 Å². The van der Waals surface area contributed by atoms with E-state index in [1.807, 2.05) is 25.1 Å². The topological polar surface area (TPSA) is 63.7 Å². The molecular formula is C19H18BrNO4S. The Morgan fingerprint density at radius 3 is 2.58 bits per heavy atom. The van der Waals surface area contributed by atoms with Gasteiger partial charge in [-0.25, -0.2) is 8.42 Å². The van der Waals surface area contributed by atoms with Crippen molar-refractivity contribution >= 4 is 31.7 Å². The Kier molecular flexibility index (Phi) is 3.93. The molecule has 0 saturated carbocycles. The lowest BCUT2D eigenvalue weighted by Crippen LogP contribution is -2.64. The smallest absolute Gasteiger partial charge is 0.244 e. The van der Waals surface area contributed by atoms with E-state index >= 15 is 0 Å². The van der Waals surface area contributed by atoms with Gasteiger partial charge in [0.2, 0.25) is 5.91 Å². The van der Waals surface area contributed by atoms with Gasteiger partial charge < -0.3 is 9.64 Å². The molecule has 2 aliphatic heterocycles. The summed E-state index contributed by atoms with van der Waals surface area (Å²) in [4.78, 5) is 14.7. The van der Waals surface area contributed by atoms with Crippen molar-refractivity contribution in [2.45, 2.75) is 35.1 Å². The number of carbonyl (C=O) groups is 1. The summed E-state index contributed by atoms with van der Waals surface area (Å²) in [5.41, 5.74) is -0.103. The number of ether oxygens (including phenoxy) is 1. The number of fused-ring (bicyclic) bond motifs is 4. The zero-order valence-electron chi connectivity index (χ0n) is 14.3. The summed E-state index contributed by atoms with van der Waals surface area (Å²) >= 11 is 3.44. The summed E-state index contributed by atoms with van der Waals surface area (Å²) in [5, 5.41) is -1.17. The van der Waals surface area contributed by atoms with Gasteiger partial charge in [-0.15, -0.1) is 0 Å². The number of rotatable bonds is 2. The highest BCUT2D eigenvalue weighted by Gasteiger charge is 2.57. The van der Waals surface area contributed by atoms with E-state index < -0.39 is 32.6 Å². The molecular weight excluding hydrogens is 418 g/mol. The first kappa shape index (κ1) is 17.5. The van der Waals surface area contributed by atoms with E-state index in [0.717, 1.165) is 10.0 Å². The molecule has 5 nitrogen and oxygen atoms in total. The van der Waals surface area contributed by atoms with Gasteiger partial charge in [-0.3, -0.25) is 4.79 Å². The normalized spacial score (nSPS) is 27.7. The first-order chi connectivity index (χ1) is 12.2. The summed E-state index contributed by atoms with van der Waals surface area (Å²) in [7, 11) is -2.23. The van der Waals surface area contributed by atoms with Crippen molar-refractivity contribution in [2.75, 3.05) is 7.05 Å². The number of piperidine rings is 1. The van der Waals surface area contributed by atoms with E-state index in [0.29, 0.717) is 12.2 Å². The lowest BCUT2D eigenvalue weighted by molar-refractivity contribution is -0.159. The van der Waals surface area contributed by atoms with Crippen molar-refractivity contribution < 1.29 is 17.9 Å². The Morgan fingerprint density at radius 2 is 1.88 bits per heavy atom. The maximum Gasteiger partial charge on any atom is 0.244 e. The van der Waals surface area contributed by atoms with Crippen LogP contribution in [-0.4, -0.2) is 37.2 Å². The molecule has 1 saturated heterocycles. The van der Waals surface area contributed by atoms with Gasteiger partial charge in [0.05, 0.1) is 4.90 Å². The van der Waals surface area contributed by atoms with E-state index in [4.69, 9.17) is 4.74 Å². The van der Waals surface area contributed by atoms with Crippen molar-refractivity contribution in [1.82, 2.24) is 4.90 Å². The first-order valence-corrected chi connectivity index (χ1v) is 10.6. The van der Waals surface area contributed by atoms with Crippen molar-refractivity contribution in [3.8, 4) is 5.75 Å². The molecule has 0 N–H and O–H groups in total. The molecule has 0 aromatic heterocycles. The second kappa shape index (κ2) is 5.82. The number of benzene rings is 2. The highest BCUT2D eigenvalue weighted by atomic mass is 79.9. The van der Waals surface area contributed by atoms with E-state index in [-0.39, 0.29) is 4.90 Å². The number of sulfone groups is 1. The molecule has 26 heavy (non-hydrogen) atoms. The predicted octanol–water partition coefficient (Wildman–Crippen LogP) is 3.35. The molecule has 136 valence electrons. The minimum absolute atomic E-state index is 0.165. The third-order valence-electron chi connectivity index (χ3n) is 5.35. The minimum atomic E-state index is -3.84. The summed E-state index contributed by atoms with van der Waals surface area (Å²) in [6.07, 6.45) is 0.426. The molecule has 2 bridgehead atoms. The average molecular weight is 436 g/mol. The Labute approximate surface area is 161 Å². The SMILES string of the molecule is CN1C(=O)[C@@H](S(=O)(=O)c2ccccc2)[C@H]2C[C@@]1(C)Oc1ccc(Br)cc12. The molecule has 1 amide bonds. The lowest BCUT2D eigenvalue weighted by atomic mass is 9.80. The maximum atomic E-state index is 13.3. The molecule has 3 atom stereocenters. The van der Waals surface area contributed by atoms with Crippen LogP contribution < -0.4 is 4.74 Å². The molecule has 7 heteroatoms. The van der Waals surface area contributed by atoms with E-state index in [9.17, 15) is 13.2 Å². The number of likely N-dealkylation sites (tertiary alicyclic amines) is 1. The molecule has 2 heterocycles. The summed E-state index contributed by atoms with van der Waals surface area (Å²) in [6, 6.07) is 13.7. The fraction of sp³-hybridized carbons (Fsp3) is 0.316. The molecule has 2 aromatic carbocycles. The molecule has 2 aliphatic rings. The van der Waals surface area contributed by atoms with Crippen LogP contribution in [-0.2, 0) is 14.6 Å². The standard InChI is InChI=1S/C19H18BrNO4S/c1-19-11-15(14-10-12(20)8-9-16(14)25-19)17(18(22)21(19)2)26(23,24)13-6-4-3-5-7-13/h3-10,15,17H,11H2,1-2H3/t15-,17-,19+/m0/s1. The number of carbonyl (C=O) groups excluding carboxylic acids is 1. The Morgan fingerprint density at radius 1 is 1.19 bits per heavy atom. The van der Waals surface area contributed by atoms with Gasteiger partial charge in [-0.1, -0.05) is 34.1 Å². The van der Waals surface area contributed by atoms with E-state index in [1.54, 1.807) is 25.2 Å². The van der Waals surface area contributed by atoms with Crippen molar-refractivity contribution in [1.29, 1.82) is 0 Å². The van der Waals surface area contributed by atoms with Gasteiger partial charge in [0, 0.05) is 29.4 Å². The molecule has 4 rings (SSSR count). The second-order valence-electron chi connectivity index (χ2n) is 6.95. The molecule has 0 spiro atoms. The van der Waals surface area contributed by atoms with E-state index in [1.165, 1.54) is 17.0 Å². The lowest BCUT2D eigenvalue weighted by Gasteiger charge is -2.51.